The van der Waals surface area contributed by atoms with Crippen LogP contribution in [0.15, 0.2) is 0 Å². The Morgan fingerprint density at radius 2 is 2.27 bits per heavy atom. The van der Waals surface area contributed by atoms with Gasteiger partial charge in [0, 0.05) is 0 Å². The Balaban J connectivity index is 4.01. The molecule has 0 aliphatic rings. The molecule has 3 nitrogen and oxygen atoms in total. The number of hydrogen-bond donors (Lipinski definition) is 2. The molecule has 0 rings (SSSR count). The fraction of sp³-hybridized carbons (Fsp3) is 0.833. The number of nitrogens with two attached hydrogens (primary N) is 1. The van der Waals surface area contributed by atoms with Gasteiger partial charge in [-0.05, 0) is 13.3 Å². The minimum atomic E-state index is -0.662. The topological polar surface area (TPSA) is 55.1 Å². The highest BCUT2D eigenvalue weighted by Gasteiger charge is 2.29. The monoisotopic (exact) mass is 198 g/mol. The molecule has 5 heteroatoms. The van der Waals surface area contributed by atoms with Gasteiger partial charge in [0.05, 0.1) is 4.87 Å². The van der Waals surface area contributed by atoms with Crippen LogP contribution in [0.25, 0.3) is 0 Å². The normalized spacial score (nSPS) is 18.5. The van der Waals surface area contributed by atoms with Gasteiger partial charge in [0.25, 0.3) is 0 Å². The molecule has 0 spiro atoms. The zero-order valence-electron chi connectivity index (χ0n) is 6.53. The molecule has 0 aromatic rings. The van der Waals surface area contributed by atoms with Gasteiger partial charge in [0.15, 0.2) is 0 Å². The standard InChI is InChI=1S/C6H12Cl2N2O/c1-3-6(2,8)4(7)10-5(9)11/h4H,3H2,1-2H3,(H3,9,10,11). The van der Waals surface area contributed by atoms with E-state index in [9.17, 15) is 4.79 Å². The number of rotatable bonds is 3. The molecule has 11 heavy (non-hydrogen) atoms. The van der Waals surface area contributed by atoms with E-state index in [0.717, 1.165) is 0 Å². The van der Waals surface area contributed by atoms with Crippen molar-refractivity contribution in [3.05, 3.63) is 0 Å². The van der Waals surface area contributed by atoms with Gasteiger partial charge in [-0.25, -0.2) is 4.79 Å². The van der Waals surface area contributed by atoms with Crippen LogP contribution < -0.4 is 11.1 Å². The first-order chi connectivity index (χ1) is 4.90. The van der Waals surface area contributed by atoms with E-state index in [0.29, 0.717) is 6.42 Å². The summed E-state index contributed by atoms with van der Waals surface area (Å²) in [4.78, 5) is 9.70. The maximum atomic E-state index is 10.3. The van der Waals surface area contributed by atoms with Crippen molar-refractivity contribution in [3.63, 3.8) is 0 Å². The average molecular weight is 199 g/mol. The third kappa shape index (κ3) is 3.68. The Kier molecular flexibility index (Phi) is 3.97. The number of hydrogen-bond acceptors (Lipinski definition) is 1. The zero-order chi connectivity index (χ0) is 9.07. The smallest absolute Gasteiger partial charge is 0.313 e. The first-order valence-electron chi connectivity index (χ1n) is 3.29. The first kappa shape index (κ1) is 10.8. The summed E-state index contributed by atoms with van der Waals surface area (Å²) in [5.74, 6) is 0. The fourth-order valence-electron chi connectivity index (χ4n) is 0.455. The number of carbonyl (C=O) groups is 1. The molecule has 0 bridgehead atoms. The molecule has 66 valence electrons. The van der Waals surface area contributed by atoms with E-state index < -0.39 is 16.4 Å². The molecule has 2 unspecified atom stereocenters. The van der Waals surface area contributed by atoms with Crippen LogP contribution in [-0.2, 0) is 0 Å². The maximum Gasteiger partial charge on any atom is 0.313 e. The SMILES string of the molecule is CCC(C)(Cl)C(Cl)NC(N)=O. The molecule has 0 heterocycles. The average Bonchev–Trinajstić information content (AvgIpc) is 1.86. The summed E-state index contributed by atoms with van der Waals surface area (Å²) >= 11 is 11.6. The molecular weight excluding hydrogens is 187 g/mol. The highest BCUT2D eigenvalue weighted by molar-refractivity contribution is 6.32. The molecule has 0 aliphatic carbocycles. The van der Waals surface area contributed by atoms with Crippen molar-refractivity contribution in [3.8, 4) is 0 Å². The molecule has 3 N–H and O–H groups in total. The summed E-state index contributed by atoms with van der Waals surface area (Å²) in [5, 5.41) is 2.31. The third-order valence-electron chi connectivity index (χ3n) is 1.49. The number of nitrogens with one attached hydrogen (secondary N) is 1. The van der Waals surface area contributed by atoms with E-state index in [1.165, 1.54) is 0 Å². The summed E-state index contributed by atoms with van der Waals surface area (Å²) in [6.45, 7) is 3.62. The Morgan fingerprint density at radius 3 is 2.55 bits per heavy atom. The van der Waals surface area contributed by atoms with Crippen molar-refractivity contribution in [2.24, 2.45) is 5.73 Å². The summed E-state index contributed by atoms with van der Waals surface area (Å²) in [7, 11) is 0. The molecule has 0 aromatic carbocycles. The van der Waals surface area contributed by atoms with Crippen LogP contribution >= 0.6 is 23.2 Å². The third-order valence-corrected chi connectivity index (χ3v) is 2.68. The second kappa shape index (κ2) is 4.02. The number of primary amides is 1. The van der Waals surface area contributed by atoms with Crippen LogP contribution in [0.4, 0.5) is 4.79 Å². The lowest BCUT2D eigenvalue weighted by Crippen LogP contribution is -2.45. The second-order valence-electron chi connectivity index (χ2n) is 2.50. The van der Waals surface area contributed by atoms with E-state index in [-0.39, 0.29) is 0 Å². The maximum absolute atomic E-state index is 10.3. The predicted molar refractivity (Wildman–Crippen MR) is 46.9 cm³/mol. The van der Waals surface area contributed by atoms with E-state index >= 15 is 0 Å². The number of carbonyl (C=O) groups excluding carboxylic acids is 1. The van der Waals surface area contributed by atoms with E-state index in [2.05, 4.69) is 5.32 Å². The van der Waals surface area contributed by atoms with Gasteiger partial charge in [-0.15, -0.1) is 11.6 Å². The molecular formula is C6H12Cl2N2O. The second-order valence-corrected chi connectivity index (χ2v) is 3.80. The first-order valence-corrected chi connectivity index (χ1v) is 4.10. The fourth-order valence-corrected chi connectivity index (χ4v) is 0.771. The van der Waals surface area contributed by atoms with Gasteiger partial charge in [0.1, 0.15) is 5.50 Å². The number of halogens is 2. The van der Waals surface area contributed by atoms with E-state index in [1.54, 1.807) is 6.92 Å². The number of amides is 2. The van der Waals surface area contributed by atoms with Crippen LogP contribution in [0.1, 0.15) is 20.3 Å². The summed E-state index contributed by atoms with van der Waals surface area (Å²) in [6.07, 6.45) is 0.656. The van der Waals surface area contributed by atoms with Crippen LogP contribution in [-0.4, -0.2) is 16.4 Å². The lowest BCUT2D eigenvalue weighted by Gasteiger charge is -2.25. The highest BCUT2D eigenvalue weighted by Crippen LogP contribution is 2.25. The van der Waals surface area contributed by atoms with Gasteiger partial charge >= 0.3 is 6.03 Å². The molecule has 0 radical (unpaired) electrons. The largest absolute Gasteiger partial charge is 0.352 e. The Hall–Kier alpha value is -0.150. The van der Waals surface area contributed by atoms with Gasteiger partial charge in [0.2, 0.25) is 0 Å². The lowest BCUT2D eigenvalue weighted by molar-refractivity contribution is 0.246. The van der Waals surface area contributed by atoms with Crippen molar-refractivity contribution in [2.45, 2.75) is 30.6 Å². The van der Waals surface area contributed by atoms with Gasteiger partial charge < -0.3 is 11.1 Å². The van der Waals surface area contributed by atoms with Crippen LogP contribution in [0, 0.1) is 0 Å². The van der Waals surface area contributed by atoms with Gasteiger partial charge in [-0.2, -0.15) is 0 Å². The van der Waals surface area contributed by atoms with Gasteiger partial charge in [-0.3, -0.25) is 0 Å². The molecule has 0 aromatic heterocycles. The molecule has 0 saturated heterocycles. The molecule has 2 atom stereocenters. The Bertz CT molecular complexity index is 150. The van der Waals surface area contributed by atoms with Crippen molar-refractivity contribution in [2.75, 3.05) is 0 Å². The van der Waals surface area contributed by atoms with Crippen LogP contribution in [0.2, 0.25) is 0 Å². The van der Waals surface area contributed by atoms with Crippen molar-refractivity contribution in [1.82, 2.24) is 5.32 Å². The predicted octanol–water partition coefficient (Wildman–Crippen LogP) is 1.63. The van der Waals surface area contributed by atoms with Crippen molar-refractivity contribution >= 4 is 29.2 Å². The minimum Gasteiger partial charge on any atom is -0.352 e. The summed E-state index contributed by atoms with van der Waals surface area (Å²) in [5.41, 5.74) is 4.22. The quantitative estimate of drug-likeness (QED) is 0.526. The lowest BCUT2D eigenvalue weighted by atomic mass is 10.1. The zero-order valence-corrected chi connectivity index (χ0v) is 8.04. The molecule has 0 aliphatic heterocycles. The Labute approximate surface area is 76.2 Å². The molecule has 0 saturated carbocycles. The highest BCUT2D eigenvalue weighted by atomic mass is 35.5. The number of alkyl halides is 2. The molecule has 2 amide bonds. The van der Waals surface area contributed by atoms with Crippen molar-refractivity contribution < 1.29 is 4.79 Å². The van der Waals surface area contributed by atoms with E-state index in [4.69, 9.17) is 28.9 Å². The van der Waals surface area contributed by atoms with Crippen LogP contribution in [0.5, 0.6) is 0 Å². The van der Waals surface area contributed by atoms with Gasteiger partial charge in [-0.1, -0.05) is 18.5 Å². The summed E-state index contributed by atoms with van der Waals surface area (Å²) < 4.78 is 0. The van der Waals surface area contributed by atoms with Crippen LogP contribution in [0.3, 0.4) is 0 Å². The number of urea groups is 1. The Morgan fingerprint density at radius 1 is 1.82 bits per heavy atom. The summed E-state index contributed by atoms with van der Waals surface area (Å²) in [6, 6.07) is -0.662. The van der Waals surface area contributed by atoms with E-state index in [1.807, 2.05) is 6.92 Å². The molecule has 0 fully saturated rings. The van der Waals surface area contributed by atoms with Crippen molar-refractivity contribution in [1.29, 1.82) is 0 Å². The minimum absolute atomic E-state index is 0.633.